The van der Waals surface area contributed by atoms with Crippen molar-refractivity contribution in [3.63, 3.8) is 0 Å². The van der Waals surface area contributed by atoms with Gasteiger partial charge in [-0.25, -0.2) is 13.2 Å². The summed E-state index contributed by atoms with van der Waals surface area (Å²) < 4.78 is 27.1. The zero-order valence-corrected chi connectivity index (χ0v) is 11.0. The minimum absolute atomic E-state index is 0.0490. The number of alkyl carbamates (subject to hydrolysis) is 1. The highest BCUT2D eigenvalue weighted by atomic mass is 32.2. The molecule has 0 aromatic rings. The molecule has 1 rings (SSSR count). The van der Waals surface area contributed by atoms with Crippen molar-refractivity contribution in [2.45, 2.75) is 6.04 Å². The SMILES string of the molecule is CN(CCO)CCOC(=O)N[C@H]1C=CS(=O)(=O)C1. The second kappa shape index (κ2) is 6.72. The molecule has 0 unspecified atom stereocenters. The highest BCUT2D eigenvalue weighted by Gasteiger charge is 2.23. The van der Waals surface area contributed by atoms with E-state index >= 15 is 0 Å². The summed E-state index contributed by atoms with van der Waals surface area (Å²) >= 11 is 0. The monoisotopic (exact) mass is 278 g/mol. The maximum absolute atomic E-state index is 11.3. The Morgan fingerprint density at radius 2 is 2.28 bits per heavy atom. The van der Waals surface area contributed by atoms with E-state index in [-0.39, 0.29) is 19.0 Å². The number of hydrogen-bond acceptors (Lipinski definition) is 6. The summed E-state index contributed by atoms with van der Waals surface area (Å²) in [6.07, 6.45) is 0.785. The van der Waals surface area contributed by atoms with Crippen molar-refractivity contribution in [2.75, 3.05) is 39.1 Å². The number of sulfone groups is 1. The number of nitrogens with zero attached hydrogens (tertiary/aromatic N) is 1. The quantitative estimate of drug-likeness (QED) is 0.643. The number of aliphatic hydroxyl groups excluding tert-OH is 1. The molecule has 1 amide bonds. The van der Waals surface area contributed by atoms with Crippen LogP contribution in [0.1, 0.15) is 0 Å². The van der Waals surface area contributed by atoms with Gasteiger partial charge in [-0.2, -0.15) is 0 Å². The van der Waals surface area contributed by atoms with Crippen molar-refractivity contribution >= 4 is 15.9 Å². The summed E-state index contributed by atoms with van der Waals surface area (Å²) in [7, 11) is -1.37. The molecule has 7 nitrogen and oxygen atoms in total. The Morgan fingerprint density at radius 3 is 2.83 bits per heavy atom. The average molecular weight is 278 g/mol. The Hall–Kier alpha value is -1.12. The summed E-state index contributed by atoms with van der Waals surface area (Å²) in [5.41, 5.74) is 0. The lowest BCUT2D eigenvalue weighted by Crippen LogP contribution is -2.37. The Kier molecular flexibility index (Phi) is 5.57. The third kappa shape index (κ3) is 5.48. The molecular weight excluding hydrogens is 260 g/mol. The van der Waals surface area contributed by atoms with Gasteiger partial charge >= 0.3 is 6.09 Å². The fraction of sp³-hybridized carbons (Fsp3) is 0.700. The molecule has 1 aliphatic heterocycles. The van der Waals surface area contributed by atoms with Gasteiger partial charge in [0.05, 0.1) is 18.4 Å². The van der Waals surface area contributed by atoms with Crippen molar-refractivity contribution in [1.29, 1.82) is 0 Å². The van der Waals surface area contributed by atoms with E-state index in [2.05, 4.69) is 5.32 Å². The number of aliphatic hydroxyl groups is 1. The third-order valence-electron chi connectivity index (χ3n) is 2.42. The second-order valence-corrected chi connectivity index (χ2v) is 6.00. The van der Waals surface area contributed by atoms with Gasteiger partial charge in [0.15, 0.2) is 9.84 Å². The van der Waals surface area contributed by atoms with Crippen molar-refractivity contribution in [2.24, 2.45) is 0 Å². The number of ether oxygens (including phenoxy) is 1. The third-order valence-corrected chi connectivity index (χ3v) is 3.82. The Morgan fingerprint density at radius 1 is 1.56 bits per heavy atom. The van der Waals surface area contributed by atoms with Gasteiger partial charge in [-0.1, -0.05) is 0 Å². The van der Waals surface area contributed by atoms with E-state index in [4.69, 9.17) is 9.84 Å². The molecule has 0 aromatic heterocycles. The fourth-order valence-electron chi connectivity index (χ4n) is 1.44. The summed E-state index contributed by atoms with van der Waals surface area (Å²) in [5.74, 6) is -0.119. The lowest BCUT2D eigenvalue weighted by atomic mass is 10.3. The molecule has 0 aliphatic carbocycles. The molecule has 0 aromatic carbocycles. The summed E-state index contributed by atoms with van der Waals surface area (Å²) in [4.78, 5) is 13.1. The molecule has 8 heteroatoms. The smallest absolute Gasteiger partial charge is 0.407 e. The van der Waals surface area contributed by atoms with E-state index in [0.717, 1.165) is 5.41 Å². The first-order valence-electron chi connectivity index (χ1n) is 5.56. The first-order valence-corrected chi connectivity index (χ1v) is 7.28. The van der Waals surface area contributed by atoms with Crippen LogP contribution in [0.4, 0.5) is 4.79 Å². The van der Waals surface area contributed by atoms with Crippen LogP contribution in [0, 0.1) is 0 Å². The molecule has 0 radical (unpaired) electrons. The van der Waals surface area contributed by atoms with E-state index in [9.17, 15) is 13.2 Å². The fourth-order valence-corrected chi connectivity index (χ4v) is 2.67. The number of carbonyl (C=O) groups is 1. The van der Waals surface area contributed by atoms with Crippen LogP contribution in [0.2, 0.25) is 0 Å². The predicted molar refractivity (Wildman–Crippen MR) is 65.8 cm³/mol. The molecule has 1 aliphatic rings. The second-order valence-electron chi connectivity index (χ2n) is 4.07. The highest BCUT2D eigenvalue weighted by Crippen LogP contribution is 2.07. The van der Waals surface area contributed by atoms with Crippen LogP contribution in [0.25, 0.3) is 0 Å². The molecule has 0 bridgehead atoms. The Balaban J connectivity index is 2.17. The maximum atomic E-state index is 11.3. The van der Waals surface area contributed by atoms with Gasteiger partial charge < -0.3 is 20.1 Å². The van der Waals surface area contributed by atoms with E-state index in [1.54, 1.807) is 7.05 Å². The molecule has 104 valence electrons. The van der Waals surface area contributed by atoms with Crippen LogP contribution in [0.15, 0.2) is 11.5 Å². The molecule has 0 saturated carbocycles. The van der Waals surface area contributed by atoms with Crippen molar-refractivity contribution in [1.82, 2.24) is 10.2 Å². The van der Waals surface area contributed by atoms with Gasteiger partial charge in [0, 0.05) is 18.5 Å². The number of likely N-dealkylation sites (N-methyl/N-ethyl adjacent to an activating group) is 1. The molecule has 1 atom stereocenters. The van der Waals surface area contributed by atoms with Crippen molar-refractivity contribution < 1.29 is 23.1 Å². The van der Waals surface area contributed by atoms with E-state index < -0.39 is 22.0 Å². The van der Waals surface area contributed by atoms with Crippen LogP contribution in [-0.2, 0) is 14.6 Å². The summed E-state index contributed by atoms with van der Waals surface area (Å²) in [6.45, 7) is 1.25. The maximum Gasteiger partial charge on any atom is 0.407 e. The minimum atomic E-state index is -3.17. The Bertz CT molecular complexity index is 406. The first kappa shape index (κ1) is 14.9. The Labute approximate surface area is 106 Å². The number of hydrogen-bond donors (Lipinski definition) is 2. The van der Waals surface area contributed by atoms with Gasteiger partial charge in [-0.05, 0) is 13.1 Å². The molecule has 18 heavy (non-hydrogen) atoms. The topological polar surface area (TPSA) is 95.9 Å². The number of amides is 1. The lowest BCUT2D eigenvalue weighted by molar-refractivity contribution is 0.126. The van der Waals surface area contributed by atoms with Gasteiger partial charge in [-0.15, -0.1) is 0 Å². The highest BCUT2D eigenvalue weighted by molar-refractivity contribution is 7.94. The number of rotatable bonds is 6. The predicted octanol–water partition coefficient (Wildman–Crippen LogP) is -1.05. The first-order chi connectivity index (χ1) is 8.43. The van der Waals surface area contributed by atoms with Crippen molar-refractivity contribution in [3.05, 3.63) is 11.5 Å². The van der Waals surface area contributed by atoms with Gasteiger partial charge in [0.2, 0.25) is 0 Å². The van der Waals surface area contributed by atoms with Crippen molar-refractivity contribution in [3.8, 4) is 0 Å². The van der Waals surface area contributed by atoms with Gasteiger partial charge in [0.1, 0.15) is 6.61 Å². The zero-order valence-electron chi connectivity index (χ0n) is 10.2. The summed E-state index contributed by atoms with van der Waals surface area (Å²) in [6, 6.07) is -0.516. The van der Waals surface area contributed by atoms with E-state index in [1.165, 1.54) is 6.08 Å². The minimum Gasteiger partial charge on any atom is -0.448 e. The number of nitrogens with one attached hydrogen (secondary N) is 1. The summed E-state index contributed by atoms with van der Waals surface area (Å²) in [5, 5.41) is 12.2. The van der Waals surface area contributed by atoms with Crippen LogP contribution in [0.5, 0.6) is 0 Å². The number of carbonyl (C=O) groups excluding carboxylic acids is 1. The molecule has 0 spiro atoms. The molecular formula is C10H18N2O5S. The normalized spacial score (nSPS) is 21.2. The lowest BCUT2D eigenvalue weighted by Gasteiger charge is -2.15. The van der Waals surface area contributed by atoms with Crippen LogP contribution < -0.4 is 5.32 Å². The molecule has 0 fully saturated rings. The zero-order chi connectivity index (χ0) is 13.6. The molecule has 1 heterocycles. The van der Waals surface area contributed by atoms with Crippen LogP contribution in [-0.4, -0.2) is 69.7 Å². The van der Waals surface area contributed by atoms with E-state index in [0.29, 0.717) is 13.1 Å². The average Bonchev–Trinajstić information content (AvgIpc) is 2.58. The standard InChI is InChI=1S/C10H18N2O5S/c1-12(3-5-13)4-6-17-10(14)11-9-2-7-18(15,16)8-9/h2,7,9,13H,3-6,8H2,1H3,(H,11,14)/t9-/m0/s1. The van der Waals surface area contributed by atoms with Gasteiger partial charge in [-0.3, -0.25) is 0 Å². The van der Waals surface area contributed by atoms with Gasteiger partial charge in [0.25, 0.3) is 0 Å². The van der Waals surface area contributed by atoms with E-state index in [1.807, 2.05) is 4.90 Å². The van der Waals surface area contributed by atoms with Crippen LogP contribution >= 0.6 is 0 Å². The van der Waals surface area contributed by atoms with Crippen LogP contribution in [0.3, 0.4) is 0 Å². The molecule has 0 saturated heterocycles. The molecule has 2 N–H and O–H groups in total. The largest absolute Gasteiger partial charge is 0.448 e.